The van der Waals surface area contributed by atoms with Crippen molar-refractivity contribution in [3.05, 3.63) is 0 Å². The van der Waals surface area contributed by atoms with Crippen LogP contribution in [0.15, 0.2) is 0 Å². The van der Waals surface area contributed by atoms with Crippen molar-refractivity contribution in [3.8, 4) is 0 Å². The summed E-state index contributed by atoms with van der Waals surface area (Å²) in [6.45, 7) is 3.59. The van der Waals surface area contributed by atoms with Crippen molar-refractivity contribution in [1.82, 2.24) is 5.32 Å². The summed E-state index contributed by atoms with van der Waals surface area (Å²) in [4.78, 5) is 10.4. The van der Waals surface area contributed by atoms with Crippen LogP contribution in [0.1, 0.15) is 20.3 Å². The molecule has 0 radical (unpaired) electrons. The molecule has 0 aromatic heterocycles. The lowest BCUT2D eigenvalue weighted by Crippen LogP contribution is -2.43. The Kier molecular flexibility index (Phi) is 3.04. The van der Waals surface area contributed by atoms with Gasteiger partial charge in [0, 0.05) is 0 Å². The summed E-state index contributed by atoms with van der Waals surface area (Å²) in [5.41, 5.74) is 0. The molecule has 0 aromatic carbocycles. The fraction of sp³-hybridized carbons (Fsp3) is 0.875. The van der Waals surface area contributed by atoms with E-state index in [1.807, 2.05) is 0 Å². The highest BCUT2D eigenvalue weighted by Gasteiger charge is 2.42. The molecule has 1 rings (SSSR count). The van der Waals surface area contributed by atoms with Crippen LogP contribution in [0, 0.1) is 5.92 Å². The molecule has 1 aliphatic rings. The van der Waals surface area contributed by atoms with E-state index in [-0.39, 0.29) is 11.7 Å². The van der Waals surface area contributed by atoms with Gasteiger partial charge in [-0.1, -0.05) is 13.8 Å². The van der Waals surface area contributed by atoms with Crippen molar-refractivity contribution in [2.75, 3.05) is 5.75 Å². The fourth-order valence-corrected chi connectivity index (χ4v) is 4.42. The summed E-state index contributed by atoms with van der Waals surface area (Å²) in [6.07, 6.45) is -0.768. The molecule has 0 saturated carbocycles. The first-order chi connectivity index (χ1) is 6.34. The molecule has 1 heterocycles. The first-order valence-corrected chi connectivity index (χ1v) is 6.27. The Hall–Kier alpha value is -0.780. The van der Waals surface area contributed by atoms with Gasteiger partial charge in [0.1, 0.15) is 0 Å². The van der Waals surface area contributed by atoms with Crippen molar-refractivity contribution >= 4 is 15.9 Å². The molecule has 0 aromatic rings. The molecular weight excluding hydrogens is 206 g/mol. The third-order valence-electron chi connectivity index (χ3n) is 2.49. The number of hydrogen-bond donors (Lipinski definition) is 2. The molecule has 1 saturated heterocycles. The second-order valence-electron chi connectivity index (χ2n) is 3.92. The normalized spacial score (nSPS) is 30.5. The van der Waals surface area contributed by atoms with E-state index < -0.39 is 27.2 Å². The third-order valence-corrected chi connectivity index (χ3v) is 5.00. The van der Waals surface area contributed by atoms with Crippen LogP contribution in [-0.2, 0) is 9.84 Å². The van der Waals surface area contributed by atoms with E-state index in [9.17, 15) is 13.2 Å². The second kappa shape index (κ2) is 3.76. The van der Waals surface area contributed by atoms with E-state index in [0.29, 0.717) is 6.42 Å². The highest BCUT2D eigenvalue weighted by molar-refractivity contribution is 7.92. The number of amides is 1. The van der Waals surface area contributed by atoms with Crippen molar-refractivity contribution in [2.24, 2.45) is 5.92 Å². The summed E-state index contributed by atoms with van der Waals surface area (Å²) < 4.78 is 23.1. The van der Waals surface area contributed by atoms with Crippen molar-refractivity contribution < 1.29 is 18.3 Å². The standard InChI is InChI=1S/C8H15NO4S/c1-5(2)7-6(9-8(10)11)3-4-14(7,12)13/h5-7,9H,3-4H2,1-2H3,(H,10,11). The Labute approximate surface area is 83.4 Å². The highest BCUT2D eigenvalue weighted by atomic mass is 32.2. The predicted molar refractivity (Wildman–Crippen MR) is 52.0 cm³/mol. The zero-order valence-corrected chi connectivity index (χ0v) is 9.04. The van der Waals surface area contributed by atoms with Crippen LogP contribution in [0.3, 0.4) is 0 Å². The lowest BCUT2D eigenvalue weighted by Gasteiger charge is -2.21. The zero-order chi connectivity index (χ0) is 10.9. The predicted octanol–water partition coefficient (Wildman–Crippen LogP) is 0.466. The number of rotatable bonds is 2. The third kappa shape index (κ3) is 2.17. The summed E-state index contributed by atoms with van der Waals surface area (Å²) in [5.74, 6) is 0.0280. The number of sulfone groups is 1. The van der Waals surface area contributed by atoms with Gasteiger partial charge in [-0.3, -0.25) is 0 Å². The minimum Gasteiger partial charge on any atom is -0.465 e. The van der Waals surface area contributed by atoms with E-state index in [2.05, 4.69) is 5.32 Å². The monoisotopic (exact) mass is 221 g/mol. The Morgan fingerprint density at radius 2 is 2.07 bits per heavy atom. The molecule has 5 nitrogen and oxygen atoms in total. The molecule has 14 heavy (non-hydrogen) atoms. The number of carbonyl (C=O) groups is 1. The summed E-state index contributed by atoms with van der Waals surface area (Å²) >= 11 is 0. The molecular formula is C8H15NO4S. The molecule has 1 amide bonds. The minimum atomic E-state index is -3.11. The molecule has 0 aliphatic carbocycles. The number of hydrogen-bond acceptors (Lipinski definition) is 3. The van der Waals surface area contributed by atoms with Gasteiger partial charge >= 0.3 is 6.09 Å². The first-order valence-electron chi connectivity index (χ1n) is 4.55. The molecule has 2 unspecified atom stereocenters. The largest absolute Gasteiger partial charge is 0.465 e. The van der Waals surface area contributed by atoms with Gasteiger partial charge in [0.2, 0.25) is 0 Å². The highest BCUT2D eigenvalue weighted by Crippen LogP contribution is 2.26. The summed E-state index contributed by atoms with van der Waals surface area (Å²) in [7, 11) is -3.11. The van der Waals surface area contributed by atoms with Crippen LogP contribution in [0.4, 0.5) is 4.79 Å². The first kappa shape index (κ1) is 11.3. The minimum absolute atomic E-state index is 0.0562. The average molecular weight is 221 g/mol. The van der Waals surface area contributed by atoms with Crippen molar-refractivity contribution in [1.29, 1.82) is 0 Å². The quantitative estimate of drug-likeness (QED) is 0.709. The van der Waals surface area contributed by atoms with E-state index >= 15 is 0 Å². The maximum absolute atomic E-state index is 11.6. The van der Waals surface area contributed by atoms with Gasteiger partial charge in [-0.25, -0.2) is 13.2 Å². The van der Waals surface area contributed by atoms with Crippen molar-refractivity contribution in [2.45, 2.75) is 31.6 Å². The topological polar surface area (TPSA) is 83.5 Å². The van der Waals surface area contributed by atoms with Crippen molar-refractivity contribution in [3.63, 3.8) is 0 Å². The average Bonchev–Trinajstić information content (AvgIpc) is 2.24. The molecule has 1 fully saturated rings. The fourth-order valence-electron chi connectivity index (χ4n) is 2.03. The number of carboxylic acid groups (broad SMARTS) is 1. The van der Waals surface area contributed by atoms with Gasteiger partial charge in [-0.2, -0.15) is 0 Å². The lowest BCUT2D eigenvalue weighted by molar-refractivity contribution is 0.188. The maximum Gasteiger partial charge on any atom is 0.404 e. The molecule has 0 bridgehead atoms. The Balaban J connectivity index is 2.85. The van der Waals surface area contributed by atoms with E-state index in [0.717, 1.165) is 0 Å². The second-order valence-corrected chi connectivity index (χ2v) is 6.20. The number of nitrogens with one attached hydrogen (secondary N) is 1. The Morgan fingerprint density at radius 1 is 1.50 bits per heavy atom. The maximum atomic E-state index is 11.6. The van der Waals surface area contributed by atoms with Crippen LogP contribution in [0.25, 0.3) is 0 Å². The Bertz CT molecular complexity index is 322. The molecule has 6 heteroatoms. The Morgan fingerprint density at radius 3 is 2.50 bits per heavy atom. The van der Waals surface area contributed by atoms with Crippen LogP contribution < -0.4 is 5.32 Å². The van der Waals surface area contributed by atoms with Crippen LogP contribution in [0.2, 0.25) is 0 Å². The smallest absolute Gasteiger partial charge is 0.404 e. The van der Waals surface area contributed by atoms with E-state index in [1.54, 1.807) is 13.8 Å². The summed E-state index contributed by atoms with van der Waals surface area (Å²) in [6, 6.07) is -0.447. The van der Waals surface area contributed by atoms with Gasteiger partial charge < -0.3 is 10.4 Å². The molecule has 82 valence electrons. The SMILES string of the molecule is CC(C)C1C(NC(=O)O)CCS1(=O)=O. The molecule has 1 aliphatic heterocycles. The lowest BCUT2D eigenvalue weighted by atomic mass is 10.0. The van der Waals surface area contributed by atoms with Gasteiger partial charge in [0.15, 0.2) is 9.84 Å². The van der Waals surface area contributed by atoms with E-state index in [1.165, 1.54) is 0 Å². The van der Waals surface area contributed by atoms with E-state index in [4.69, 9.17) is 5.11 Å². The van der Waals surface area contributed by atoms with Crippen LogP contribution >= 0.6 is 0 Å². The van der Waals surface area contributed by atoms with Gasteiger partial charge in [0.05, 0.1) is 17.0 Å². The molecule has 0 spiro atoms. The summed E-state index contributed by atoms with van der Waals surface area (Å²) in [5, 5.41) is 10.2. The molecule has 2 N–H and O–H groups in total. The van der Waals surface area contributed by atoms with Crippen LogP contribution in [-0.4, -0.2) is 36.7 Å². The van der Waals surface area contributed by atoms with Gasteiger partial charge in [-0.15, -0.1) is 0 Å². The van der Waals surface area contributed by atoms with Gasteiger partial charge in [-0.05, 0) is 12.3 Å². The van der Waals surface area contributed by atoms with Gasteiger partial charge in [0.25, 0.3) is 0 Å². The molecule has 2 atom stereocenters. The zero-order valence-electron chi connectivity index (χ0n) is 8.23. The van der Waals surface area contributed by atoms with Crippen LogP contribution in [0.5, 0.6) is 0 Å².